The van der Waals surface area contributed by atoms with E-state index in [2.05, 4.69) is 26.0 Å². The summed E-state index contributed by atoms with van der Waals surface area (Å²) >= 11 is 0. The molecule has 0 saturated carbocycles. The van der Waals surface area contributed by atoms with Crippen LogP contribution in [-0.4, -0.2) is 36.4 Å². The number of esters is 2. The van der Waals surface area contributed by atoms with Crippen molar-refractivity contribution in [2.75, 3.05) is 13.2 Å². The van der Waals surface area contributed by atoms with E-state index in [1.807, 2.05) is 0 Å². The lowest BCUT2D eigenvalue weighted by atomic mass is 10.0. The van der Waals surface area contributed by atoms with E-state index in [0.717, 1.165) is 32.1 Å². The van der Waals surface area contributed by atoms with Gasteiger partial charge in [-0.3, -0.25) is 9.59 Å². The number of aliphatic hydroxyl groups excluding tert-OH is 1. The highest BCUT2D eigenvalue weighted by molar-refractivity contribution is 5.70. The summed E-state index contributed by atoms with van der Waals surface area (Å²) in [5.41, 5.74) is 0. The van der Waals surface area contributed by atoms with E-state index >= 15 is 0 Å². The van der Waals surface area contributed by atoms with Gasteiger partial charge in [0.25, 0.3) is 0 Å². The molecule has 0 aliphatic carbocycles. The molecule has 1 N–H and O–H groups in total. The second-order valence-corrected chi connectivity index (χ2v) is 21.1. The van der Waals surface area contributed by atoms with E-state index < -0.39 is 6.10 Å². The molecule has 0 radical (unpaired) electrons. The van der Waals surface area contributed by atoms with Crippen LogP contribution >= 0.6 is 0 Å². The van der Waals surface area contributed by atoms with Gasteiger partial charge in [-0.1, -0.05) is 315 Å². The van der Waals surface area contributed by atoms with Crippen LogP contribution in [0.4, 0.5) is 0 Å². The molecule has 0 aliphatic heterocycles. The van der Waals surface area contributed by atoms with Crippen LogP contribution in [0.5, 0.6) is 0 Å². The quantitative estimate of drug-likeness (QED) is 0.0374. The highest BCUT2D eigenvalue weighted by atomic mass is 16.6. The van der Waals surface area contributed by atoms with E-state index in [9.17, 15) is 14.7 Å². The molecule has 0 aromatic carbocycles. The van der Waals surface area contributed by atoms with Gasteiger partial charge < -0.3 is 14.6 Å². The number of rotatable bonds is 58. The summed E-state index contributed by atoms with van der Waals surface area (Å²) in [5, 5.41) is 9.67. The van der Waals surface area contributed by atoms with Gasteiger partial charge in [0.05, 0.1) is 6.61 Å². The molecule has 0 fully saturated rings. The van der Waals surface area contributed by atoms with Crippen LogP contribution in [0.3, 0.4) is 0 Å². The van der Waals surface area contributed by atoms with Gasteiger partial charge in [0.15, 0.2) is 6.10 Å². The second kappa shape index (κ2) is 59.0. The minimum Gasteiger partial charge on any atom is -0.462 e. The zero-order valence-corrected chi connectivity index (χ0v) is 45.7. The van der Waals surface area contributed by atoms with E-state index in [4.69, 9.17) is 9.47 Å². The van der Waals surface area contributed by atoms with Crippen LogP contribution in [-0.2, 0) is 19.1 Å². The van der Waals surface area contributed by atoms with Gasteiger partial charge in [-0.2, -0.15) is 0 Å². The van der Waals surface area contributed by atoms with Crippen molar-refractivity contribution in [3.8, 4) is 0 Å². The number of aliphatic hydroxyl groups is 1. The zero-order chi connectivity index (χ0) is 48.5. The van der Waals surface area contributed by atoms with Gasteiger partial charge in [-0.25, -0.2) is 0 Å². The van der Waals surface area contributed by atoms with Crippen LogP contribution in [0, 0.1) is 0 Å². The number of hydrogen-bond donors (Lipinski definition) is 1. The fraction of sp³-hybridized carbons (Fsp3) is 0.935. The Balaban J connectivity index is 3.39. The Morgan fingerprint density at radius 1 is 0.328 bits per heavy atom. The predicted molar refractivity (Wildman–Crippen MR) is 293 cm³/mol. The predicted octanol–water partition coefficient (Wildman–Crippen LogP) is 20.7. The third-order valence-electron chi connectivity index (χ3n) is 14.3. The first-order valence-corrected chi connectivity index (χ1v) is 30.7. The lowest BCUT2D eigenvalue weighted by Crippen LogP contribution is -2.28. The lowest BCUT2D eigenvalue weighted by molar-refractivity contribution is -0.161. The summed E-state index contributed by atoms with van der Waals surface area (Å²) in [4.78, 5) is 24.6. The summed E-state index contributed by atoms with van der Waals surface area (Å²) in [7, 11) is 0. The standard InChI is InChI=1S/C62H120O5/c1-3-5-7-9-11-13-15-17-19-21-23-25-27-29-30-31-32-33-35-37-39-41-43-45-47-49-51-53-55-57-62(65)67-60(58-63)59-66-61(64)56-54-52-50-48-46-44-42-40-38-36-34-28-26-24-22-20-18-16-14-12-10-8-6-4-2/h21,23,60,63H,3-20,22,24-59H2,1-2H3/b23-21-. The largest absolute Gasteiger partial charge is 0.462 e. The normalized spacial score (nSPS) is 12.1. The molecule has 0 aromatic rings. The molecule has 5 heteroatoms. The number of carbonyl (C=O) groups is 2. The summed E-state index contributed by atoms with van der Waals surface area (Å²) in [6.07, 6.45) is 73.6. The Morgan fingerprint density at radius 3 is 0.806 bits per heavy atom. The van der Waals surface area contributed by atoms with Crippen LogP contribution in [0.25, 0.3) is 0 Å². The highest BCUT2D eigenvalue weighted by Gasteiger charge is 2.16. The van der Waals surface area contributed by atoms with Crippen LogP contribution in [0.2, 0.25) is 0 Å². The van der Waals surface area contributed by atoms with Crippen molar-refractivity contribution in [2.24, 2.45) is 0 Å². The molecule has 67 heavy (non-hydrogen) atoms. The van der Waals surface area contributed by atoms with Gasteiger partial charge >= 0.3 is 11.9 Å². The van der Waals surface area contributed by atoms with Crippen molar-refractivity contribution >= 4 is 11.9 Å². The van der Waals surface area contributed by atoms with E-state index in [-0.39, 0.29) is 25.2 Å². The van der Waals surface area contributed by atoms with Gasteiger partial charge in [0, 0.05) is 12.8 Å². The van der Waals surface area contributed by atoms with Crippen molar-refractivity contribution in [3.63, 3.8) is 0 Å². The molecule has 0 amide bonds. The summed E-state index contributed by atoms with van der Waals surface area (Å²) in [6.45, 7) is 4.21. The molecular formula is C62H120O5. The monoisotopic (exact) mass is 945 g/mol. The number of carbonyl (C=O) groups excluding carboxylic acids is 2. The fourth-order valence-electron chi connectivity index (χ4n) is 9.67. The summed E-state index contributed by atoms with van der Waals surface area (Å²) in [6, 6.07) is 0. The molecule has 0 heterocycles. The SMILES string of the molecule is CCCCCCCCCC/C=C\CCCCCCCCCCCCCCCCCCCC(=O)OC(CO)COC(=O)CCCCCCCCCCCCCCCCCCCCCCCCCC. The van der Waals surface area contributed by atoms with Gasteiger partial charge in [-0.05, 0) is 38.5 Å². The Labute approximate surface area is 420 Å². The maximum absolute atomic E-state index is 12.3. The fourth-order valence-corrected chi connectivity index (χ4v) is 9.67. The van der Waals surface area contributed by atoms with Gasteiger partial charge in [0.1, 0.15) is 6.61 Å². The maximum atomic E-state index is 12.3. The van der Waals surface area contributed by atoms with Crippen molar-refractivity contribution in [1.82, 2.24) is 0 Å². The highest BCUT2D eigenvalue weighted by Crippen LogP contribution is 2.18. The Kier molecular flexibility index (Phi) is 57.8. The lowest BCUT2D eigenvalue weighted by Gasteiger charge is -2.15. The number of unbranched alkanes of at least 4 members (excludes halogenated alkanes) is 48. The number of allylic oxidation sites excluding steroid dienone is 2. The third kappa shape index (κ3) is 57.1. The number of hydrogen-bond acceptors (Lipinski definition) is 5. The van der Waals surface area contributed by atoms with E-state index in [1.54, 1.807) is 0 Å². The second-order valence-electron chi connectivity index (χ2n) is 21.1. The van der Waals surface area contributed by atoms with Crippen LogP contribution < -0.4 is 0 Å². The Morgan fingerprint density at radius 2 is 0.552 bits per heavy atom. The molecule has 1 unspecified atom stereocenters. The molecule has 0 aromatic heterocycles. The Hall–Kier alpha value is -1.36. The van der Waals surface area contributed by atoms with Crippen molar-refractivity contribution in [3.05, 3.63) is 12.2 Å². The molecule has 1 atom stereocenters. The van der Waals surface area contributed by atoms with Gasteiger partial charge in [-0.15, -0.1) is 0 Å². The topological polar surface area (TPSA) is 72.8 Å². The average Bonchev–Trinajstić information content (AvgIpc) is 3.33. The van der Waals surface area contributed by atoms with Gasteiger partial charge in [0.2, 0.25) is 0 Å². The van der Waals surface area contributed by atoms with E-state index in [0.29, 0.717) is 12.8 Å². The molecule has 0 bridgehead atoms. The first kappa shape index (κ1) is 65.6. The molecule has 0 saturated heterocycles. The van der Waals surface area contributed by atoms with E-state index in [1.165, 1.54) is 295 Å². The van der Waals surface area contributed by atoms with Crippen LogP contribution in [0.15, 0.2) is 12.2 Å². The average molecular weight is 946 g/mol. The van der Waals surface area contributed by atoms with Crippen LogP contribution in [0.1, 0.15) is 354 Å². The minimum atomic E-state index is -0.766. The maximum Gasteiger partial charge on any atom is 0.306 e. The molecular weight excluding hydrogens is 825 g/mol. The molecule has 5 nitrogen and oxygen atoms in total. The molecule has 0 rings (SSSR count). The summed E-state index contributed by atoms with van der Waals surface area (Å²) < 4.78 is 10.7. The van der Waals surface area contributed by atoms with Crippen molar-refractivity contribution in [2.45, 2.75) is 360 Å². The smallest absolute Gasteiger partial charge is 0.306 e. The molecule has 0 spiro atoms. The van der Waals surface area contributed by atoms with Crippen molar-refractivity contribution < 1.29 is 24.2 Å². The zero-order valence-electron chi connectivity index (χ0n) is 45.7. The first-order valence-electron chi connectivity index (χ1n) is 30.7. The summed E-state index contributed by atoms with van der Waals surface area (Å²) in [5.74, 6) is -0.564. The third-order valence-corrected chi connectivity index (χ3v) is 14.3. The first-order chi connectivity index (χ1) is 33.1. The molecule has 398 valence electrons. The van der Waals surface area contributed by atoms with Crippen molar-refractivity contribution in [1.29, 1.82) is 0 Å². The Bertz CT molecular complexity index is 979. The number of ether oxygens (including phenoxy) is 2. The minimum absolute atomic E-state index is 0.0572. The molecule has 0 aliphatic rings.